The Morgan fingerprint density at radius 1 is 1.50 bits per heavy atom. The van der Waals surface area contributed by atoms with E-state index in [1.165, 1.54) is 11.1 Å². The maximum Gasteiger partial charge on any atom is 0.0299 e. The Hall–Kier alpha value is -0.500. The number of aromatic nitrogens is 1. The zero-order valence-corrected chi connectivity index (χ0v) is 8.73. The molecule has 0 fully saturated rings. The average Bonchev–Trinajstić information content (AvgIpc) is 2.05. The van der Waals surface area contributed by atoms with Crippen molar-refractivity contribution in [1.29, 1.82) is 0 Å². The molecule has 12 heavy (non-hydrogen) atoms. The second kappa shape index (κ2) is 3.48. The Labute approximate surface area is 79.6 Å². The van der Waals surface area contributed by atoms with Crippen molar-refractivity contribution in [3.63, 3.8) is 0 Å². The Bertz CT molecular complexity index is 268. The smallest absolute Gasteiger partial charge is 0.0299 e. The lowest BCUT2D eigenvalue weighted by molar-refractivity contribution is 0.598. The number of pyridine rings is 1. The second-order valence-electron chi connectivity index (χ2n) is 3.73. The van der Waals surface area contributed by atoms with Crippen LogP contribution < -0.4 is 0 Å². The molecule has 0 atom stereocenters. The second-order valence-corrected chi connectivity index (χ2v) is 4.05. The summed E-state index contributed by atoms with van der Waals surface area (Å²) in [5.41, 5.74) is 2.74. The number of hydrogen-bond acceptors (Lipinski definition) is 2. The number of hydrogen-bond donors (Lipinski definition) is 1. The number of thiol groups is 1. The van der Waals surface area contributed by atoms with Crippen LogP contribution in [-0.4, -0.2) is 10.7 Å². The summed E-state index contributed by atoms with van der Waals surface area (Å²) in [5, 5.41) is 0. The van der Waals surface area contributed by atoms with Gasteiger partial charge in [-0.05, 0) is 35.3 Å². The molecular weight excluding hydrogens is 166 g/mol. The minimum atomic E-state index is 0.149. The molecule has 0 N–H and O–H groups in total. The highest BCUT2D eigenvalue weighted by molar-refractivity contribution is 7.80. The number of nitrogens with zero attached hydrogens (tertiary/aromatic N) is 1. The molecular formula is C10H15NS. The highest BCUT2D eigenvalue weighted by atomic mass is 32.1. The number of rotatable bonds is 2. The van der Waals surface area contributed by atoms with E-state index in [1.54, 1.807) is 0 Å². The van der Waals surface area contributed by atoms with Crippen molar-refractivity contribution in [1.82, 2.24) is 4.98 Å². The molecule has 0 bridgehead atoms. The van der Waals surface area contributed by atoms with Gasteiger partial charge in [0.1, 0.15) is 0 Å². The monoisotopic (exact) mass is 181 g/mol. The van der Waals surface area contributed by atoms with Gasteiger partial charge in [-0.25, -0.2) is 0 Å². The summed E-state index contributed by atoms with van der Waals surface area (Å²) >= 11 is 4.34. The van der Waals surface area contributed by atoms with Gasteiger partial charge in [0.15, 0.2) is 0 Å². The minimum absolute atomic E-state index is 0.149. The zero-order chi connectivity index (χ0) is 9.19. The van der Waals surface area contributed by atoms with Gasteiger partial charge in [-0.2, -0.15) is 12.6 Å². The summed E-state index contributed by atoms with van der Waals surface area (Å²) < 4.78 is 0. The van der Waals surface area contributed by atoms with Gasteiger partial charge < -0.3 is 0 Å². The fraction of sp³-hybridized carbons (Fsp3) is 0.500. The van der Waals surface area contributed by atoms with Crippen LogP contribution in [0.3, 0.4) is 0 Å². The first-order valence-corrected chi connectivity index (χ1v) is 4.73. The van der Waals surface area contributed by atoms with Crippen LogP contribution in [0.15, 0.2) is 18.5 Å². The van der Waals surface area contributed by atoms with Crippen LogP contribution in [0.4, 0.5) is 0 Å². The van der Waals surface area contributed by atoms with Gasteiger partial charge in [0.05, 0.1) is 0 Å². The summed E-state index contributed by atoms with van der Waals surface area (Å²) in [6, 6.07) is 2.07. The van der Waals surface area contributed by atoms with Gasteiger partial charge in [-0.1, -0.05) is 13.8 Å². The molecule has 1 nitrogen and oxygen atoms in total. The maximum absolute atomic E-state index is 4.34. The van der Waals surface area contributed by atoms with Gasteiger partial charge in [0.2, 0.25) is 0 Å². The Kier molecular flexibility index (Phi) is 2.78. The SMILES string of the molecule is Cc1cnccc1C(C)(C)CS. The van der Waals surface area contributed by atoms with Crippen LogP contribution in [0.2, 0.25) is 0 Å². The normalized spacial score (nSPS) is 11.7. The summed E-state index contributed by atoms with van der Waals surface area (Å²) in [5.74, 6) is 0.859. The van der Waals surface area contributed by atoms with Gasteiger partial charge in [0, 0.05) is 12.4 Å². The third-order valence-electron chi connectivity index (χ3n) is 2.14. The van der Waals surface area contributed by atoms with Crippen molar-refractivity contribution in [2.45, 2.75) is 26.2 Å². The molecule has 2 heteroatoms. The average molecular weight is 181 g/mol. The summed E-state index contributed by atoms with van der Waals surface area (Å²) in [6.07, 6.45) is 3.74. The van der Waals surface area contributed by atoms with Crippen molar-refractivity contribution in [2.24, 2.45) is 0 Å². The van der Waals surface area contributed by atoms with Gasteiger partial charge in [0.25, 0.3) is 0 Å². The van der Waals surface area contributed by atoms with E-state index in [4.69, 9.17) is 0 Å². The molecule has 0 spiro atoms. The molecule has 0 aliphatic rings. The third-order valence-corrected chi connectivity index (χ3v) is 2.94. The van der Waals surface area contributed by atoms with E-state index in [0.717, 1.165) is 5.75 Å². The first-order valence-electron chi connectivity index (χ1n) is 4.10. The molecule has 1 heterocycles. The van der Waals surface area contributed by atoms with E-state index in [-0.39, 0.29) is 5.41 Å². The predicted molar refractivity (Wildman–Crippen MR) is 55.9 cm³/mol. The molecule has 0 unspecified atom stereocenters. The lowest BCUT2D eigenvalue weighted by Gasteiger charge is -2.24. The van der Waals surface area contributed by atoms with E-state index in [1.807, 2.05) is 12.4 Å². The highest BCUT2D eigenvalue weighted by Crippen LogP contribution is 2.26. The first kappa shape index (κ1) is 9.59. The third kappa shape index (κ3) is 1.81. The van der Waals surface area contributed by atoms with Crippen LogP contribution in [0.25, 0.3) is 0 Å². The number of aryl methyl sites for hydroxylation is 1. The van der Waals surface area contributed by atoms with E-state index in [0.29, 0.717) is 0 Å². The molecule has 0 radical (unpaired) electrons. The summed E-state index contributed by atoms with van der Waals surface area (Å²) in [4.78, 5) is 4.07. The van der Waals surface area contributed by atoms with Crippen LogP contribution in [0.1, 0.15) is 25.0 Å². The molecule has 0 saturated heterocycles. The van der Waals surface area contributed by atoms with Crippen molar-refractivity contribution in [2.75, 3.05) is 5.75 Å². The van der Waals surface area contributed by atoms with Crippen LogP contribution in [0.5, 0.6) is 0 Å². The van der Waals surface area contributed by atoms with E-state index in [9.17, 15) is 0 Å². The van der Waals surface area contributed by atoms with Gasteiger partial charge in [-0.3, -0.25) is 4.98 Å². The van der Waals surface area contributed by atoms with Crippen LogP contribution >= 0.6 is 12.6 Å². The summed E-state index contributed by atoms with van der Waals surface area (Å²) in [6.45, 7) is 6.48. The van der Waals surface area contributed by atoms with Crippen LogP contribution in [-0.2, 0) is 5.41 Å². The molecule has 0 aromatic carbocycles. The molecule has 66 valence electrons. The first-order chi connectivity index (χ1) is 5.58. The fourth-order valence-electron chi connectivity index (χ4n) is 1.32. The van der Waals surface area contributed by atoms with Crippen molar-refractivity contribution >= 4 is 12.6 Å². The van der Waals surface area contributed by atoms with Crippen molar-refractivity contribution in [3.8, 4) is 0 Å². The Morgan fingerprint density at radius 2 is 2.17 bits per heavy atom. The Balaban J connectivity index is 3.10. The fourth-order valence-corrected chi connectivity index (χ4v) is 1.49. The van der Waals surface area contributed by atoms with E-state index in [2.05, 4.69) is 44.5 Å². The van der Waals surface area contributed by atoms with E-state index >= 15 is 0 Å². The molecule has 0 saturated carbocycles. The minimum Gasteiger partial charge on any atom is -0.264 e. The van der Waals surface area contributed by atoms with Gasteiger partial charge >= 0.3 is 0 Å². The molecule has 0 aliphatic carbocycles. The molecule has 1 aromatic rings. The standard InChI is InChI=1S/C10H15NS/c1-8-6-11-5-4-9(8)10(2,3)7-12/h4-6,12H,7H2,1-3H3. The van der Waals surface area contributed by atoms with Crippen LogP contribution in [0, 0.1) is 6.92 Å². The lowest BCUT2D eigenvalue weighted by Crippen LogP contribution is -2.20. The van der Waals surface area contributed by atoms with E-state index < -0.39 is 0 Å². The molecule has 0 aliphatic heterocycles. The van der Waals surface area contributed by atoms with Crippen molar-refractivity contribution in [3.05, 3.63) is 29.6 Å². The lowest BCUT2D eigenvalue weighted by atomic mass is 9.85. The highest BCUT2D eigenvalue weighted by Gasteiger charge is 2.19. The topological polar surface area (TPSA) is 12.9 Å². The predicted octanol–water partition coefficient (Wildman–Crippen LogP) is 2.60. The summed E-state index contributed by atoms with van der Waals surface area (Å²) in [7, 11) is 0. The Morgan fingerprint density at radius 3 is 2.67 bits per heavy atom. The molecule has 0 amide bonds. The van der Waals surface area contributed by atoms with Crippen molar-refractivity contribution < 1.29 is 0 Å². The van der Waals surface area contributed by atoms with Gasteiger partial charge in [-0.15, -0.1) is 0 Å². The molecule has 1 rings (SSSR count). The zero-order valence-electron chi connectivity index (χ0n) is 7.83. The largest absolute Gasteiger partial charge is 0.264 e. The molecule has 1 aromatic heterocycles. The maximum atomic E-state index is 4.34. The quantitative estimate of drug-likeness (QED) is 0.692.